The summed E-state index contributed by atoms with van der Waals surface area (Å²) in [5, 5.41) is 0. The second-order valence-corrected chi connectivity index (χ2v) is 7.82. The fraction of sp³-hybridized carbons (Fsp3) is 0.300. The lowest BCUT2D eigenvalue weighted by Gasteiger charge is -2.33. The van der Waals surface area contributed by atoms with Gasteiger partial charge in [0, 0.05) is 31.7 Å². The van der Waals surface area contributed by atoms with E-state index >= 15 is 0 Å². The summed E-state index contributed by atoms with van der Waals surface area (Å²) in [6.45, 7) is 3.89. The summed E-state index contributed by atoms with van der Waals surface area (Å²) in [7, 11) is 2.11. The van der Waals surface area contributed by atoms with Crippen LogP contribution in [0.3, 0.4) is 0 Å². The van der Waals surface area contributed by atoms with E-state index in [1.165, 1.54) is 11.8 Å². The van der Waals surface area contributed by atoms with Crippen LogP contribution >= 0.6 is 24.0 Å². The molecule has 2 aromatic carbocycles. The molecule has 6 heteroatoms. The molecule has 26 heavy (non-hydrogen) atoms. The number of hydrogen-bond donors (Lipinski definition) is 0. The lowest BCUT2D eigenvalue weighted by atomic mass is 10.1. The Morgan fingerprint density at radius 3 is 2.27 bits per heavy atom. The highest BCUT2D eigenvalue weighted by Crippen LogP contribution is 2.22. The highest BCUT2D eigenvalue weighted by molar-refractivity contribution is 8.23. The largest absolute Gasteiger partial charge is 0.457 e. The number of rotatable bonds is 5. The molecule has 0 saturated carbocycles. The van der Waals surface area contributed by atoms with E-state index in [9.17, 15) is 4.79 Å². The van der Waals surface area contributed by atoms with E-state index in [4.69, 9.17) is 17.0 Å². The van der Waals surface area contributed by atoms with Crippen LogP contribution in [0.4, 0.5) is 0 Å². The number of nitrogens with zero attached hydrogens (tertiary/aromatic N) is 2. The number of thiocarbonyl (C=S) groups is 1. The first-order valence-corrected chi connectivity index (χ1v) is 9.97. The maximum atomic E-state index is 12.4. The minimum atomic E-state index is 0.0812. The number of Topliss-reactive ketones (excluding diaryl/α,β-unsaturated/α-hetero) is 1. The highest BCUT2D eigenvalue weighted by Gasteiger charge is 2.17. The van der Waals surface area contributed by atoms with E-state index in [1.807, 2.05) is 42.5 Å². The lowest BCUT2D eigenvalue weighted by Crippen LogP contribution is -2.45. The normalized spacial score (nSPS) is 14.9. The van der Waals surface area contributed by atoms with Crippen LogP contribution in [-0.4, -0.2) is 58.9 Å². The number of benzene rings is 2. The van der Waals surface area contributed by atoms with Gasteiger partial charge in [0.05, 0.1) is 5.75 Å². The second kappa shape index (κ2) is 9.16. The van der Waals surface area contributed by atoms with Crippen molar-refractivity contribution in [2.24, 2.45) is 0 Å². The van der Waals surface area contributed by atoms with Gasteiger partial charge in [-0.3, -0.25) is 4.79 Å². The zero-order chi connectivity index (χ0) is 18.4. The number of likely N-dealkylation sites (N-methyl/N-ethyl adjacent to an activating group) is 1. The van der Waals surface area contributed by atoms with E-state index in [0.717, 1.165) is 36.2 Å². The number of ketones is 1. The lowest BCUT2D eigenvalue weighted by molar-refractivity contribution is 0.102. The third-order valence-electron chi connectivity index (χ3n) is 4.24. The van der Waals surface area contributed by atoms with Crippen LogP contribution in [0.2, 0.25) is 0 Å². The predicted octanol–water partition coefficient (Wildman–Crippen LogP) is 3.93. The van der Waals surface area contributed by atoms with Crippen molar-refractivity contribution in [2.45, 2.75) is 0 Å². The first-order valence-electron chi connectivity index (χ1n) is 8.58. The Morgan fingerprint density at radius 1 is 1.00 bits per heavy atom. The minimum Gasteiger partial charge on any atom is -0.457 e. The minimum absolute atomic E-state index is 0.0812. The maximum absolute atomic E-state index is 12.4. The summed E-state index contributed by atoms with van der Waals surface area (Å²) in [6, 6.07) is 16.8. The highest BCUT2D eigenvalue weighted by atomic mass is 32.2. The SMILES string of the molecule is CN1CCN(C(=S)SCC(=O)c2ccc(Oc3ccccc3)cc2)CC1. The van der Waals surface area contributed by atoms with Gasteiger partial charge in [0.15, 0.2) is 5.78 Å². The topological polar surface area (TPSA) is 32.8 Å². The molecule has 1 saturated heterocycles. The van der Waals surface area contributed by atoms with Gasteiger partial charge in [-0.15, -0.1) is 0 Å². The molecule has 0 amide bonds. The molecule has 0 atom stereocenters. The van der Waals surface area contributed by atoms with Crippen LogP contribution in [0, 0.1) is 0 Å². The van der Waals surface area contributed by atoms with Crippen molar-refractivity contribution < 1.29 is 9.53 Å². The van der Waals surface area contributed by atoms with Gasteiger partial charge in [-0.2, -0.15) is 0 Å². The molecule has 136 valence electrons. The molecule has 0 aliphatic carbocycles. The summed E-state index contributed by atoms with van der Waals surface area (Å²) in [6.07, 6.45) is 0. The molecular formula is C20H22N2O2S2. The number of carbonyl (C=O) groups is 1. The average Bonchev–Trinajstić information content (AvgIpc) is 2.68. The third-order valence-corrected chi connectivity index (χ3v) is 5.77. The molecule has 0 bridgehead atoms. The van der Waals surface area contributed by atoms with Crippen molar-refractivity contribution >= 4 is 34.1 Å². The Labute approximate surface area is 164 Å². The van der Waals surface area contributed by atoms with Crippen molar-refractivity contribution in [2.75, 3.05) is 39.0 Å². The standard InChI is InChI=1S/C20H22N2O2S2/c1-21-11-13-22(14-12-21)20(25)26-15-19(23)16-7-9-18(10-8-16)24-17-5-3-2-4-6-17/h2-10H,11-15H2,1H3. The summed E-state index contributed by atoms with van der Waals surface area (Å²) in [4.78, 5) is 16.9. The molecule has 1 aliphatic rings. The summed E-state index contributed by atoms with van der Waals surface area (Å²) >= 11 is 6.92. The molecule has 0 N–H and O–H groups in total. The predicted molar refractivity (Wildman–Crippen MR) is 111 cm³/mol. The Balaban J connectivity index is 1.49. The monoisotopic (exact) mass is 386 g/mol. The molecule has 1 fully saturated rings. The summed E-state index contributed by atoms with van der Waals surface area (Å²) < 4.78 is 6.57. The fourth-order valence-electron chi connectivity index (χ4n) is 2.62. The first kappa shape index (κ1) is 18.9. The first-order chi connectivity index (χ1) is 12.6. The van der Waals surface area contributed by atoms with Crippen LogP contribution in [0.1, 0.15) is 10.4 Å². The number of thioether (sulfide) groups is 1. The Bertz CT molecular complexity index is 742. The third kappa shape index (κ3) is 5.30. The zero-order valence-electron chi connectivity index (χ0n) is 14.8. The van der Waals surface area contributed by atoms with E-state index in [2.05, 4.69) is 16.8 Å². The van der Waals surface area contributed by atoms with Gasteiger partial charge >= 0.3 is 0 Å². The van der Waals surface area contributed by atoms with Crippen molar-refractivity contribution in [1.29, 1.82) is 0 Å². The Hall–Kier alpha value is -1.89. The number of para-hydroxylation sites is 1. The van der Waals surface area contributed by atoms with E-state index in [-0.39, 0.29) is 5.78 Å². The maximum Gasteiger partial charge on any atom is 0.173 e. The van der Waals surface area contributed by atoms with Gasteiger partial charge < -0.3 is 14.5 Å². The summed E-state index contributed by atoms with van der Waals surface area (Å²) in [5.41, 5.74) is 0.680. The molecule has 3 rings (SSSR count). The van der Waals surface area contributed by atoms with Crippen molar-refractivity contribution in [1.82, 2.24) is 9.80 Å². The van der Waals surface area contributed by atoms with Crippen LogP contribution in [0.25, 0.3) is 0 Å². The fourth-order valence-corrected chi connectivity index (χ4v) is 3.77. The quantitative estimate of drug-likeness (QED) is 0.572. The smallest absolute Gasteiger partial charge is 0.173 e. The van der Waals surface area contributed by atoms with Crippen LogP contribution in [0.5, 0.6) is 11.5 Å². The Kier molecular flexibility index (Phi) is 6.66. The second-order valence-electron chi connectivity index (χ2n) is 6.21. The van der Waals surface area contributed by atoms with Gasteiger partial charge in [0.1, 0.15) is 15.8 Å². The summed E-state index contributed by atoms with van der Waals surface area (Å²) in [5.74, 6) is 1.94. The number of ether oxygens (including phenoxy) is 1. The number of piperazine rings is 1. The van der Waals surface area contributed by atoms with Crippen molar-refractivity contribution in [3.8, 4) is 11.5 Å². The van der Waals surface area contributed by atoms with Gasteiger partial charge in [-0.25, -0.2) is 0 Å². The van der Waals surface area contributed by atoms with Gasteiger partial charge in [-0.05, 0) is 43.4 Å². The van der Waals surface area contributed by atoms with Crippen LogP contribution in [0.15, 0.2) is 54.6 Å². The molecule has 1 heterocycles. The molecule has 2 aromatic rings. The molecule has 4 nitrogen and oxygen atoms in total. The molecule has 0 aromatic heterocycles. The van der Waals surface area contributed by atoms with E-state index in [0.29, 0.717) is 17.1 Å². The zero-order valence-corrected chi connectivity index (χ0v) is 16.4. The number of hydrogen-bond acceptors (Lipinski definition) is 5. The van der Waals surface area contributed by atoms with Crippen LogP contribution < -0.4 is 4.74 Å². The van der Waals surface area contributed by atoms with Gasteiger partial charge in [-0.1, -0.05) is 42.2 Å². The molecule has 0 unspecified atom stereocenters. The van der Waals surface area contributed by atoms with Crippen molar-refractivity contribution in [3.63, 3.8) is 0 Å². The molecule has 1 aliphatic heterocycles. The molecular weight excluding hydrogens is 364 g/mol. The average molecular weight is 387 g/mol. The Morgan fingerprint density at radius 2 is 1.62 bits per heavy atom. The van der Waals surface area contributed by atoms with E-state index in [1.54, 1.807) is 12.1 Å². The van der Waals surface area contributed by atoms with Gasteiger partial charge in [0.25, 0.3) is 0 Å². The molecule has 0 spiro atoms. The number of carbonyl (C=O) groups excluding carboxylic acids is 1. The van der Waals surface area contributed by atoms with E-state index < -0.39 is 0 Å². The molecule has 0 radical (unpaired) electrons. The van der Waals surface area contributed by atoms with Gasteiger partial charge in [0.2, 0.25) is 0 Å². The van der Waals surface area contributed by atoms with Crippen LogP contribution in [-0.2, 0) is 0 Å². The van der Waals surface area contributed by atoms with Crippen molar-refractivity contribution in [3.05, 3.63) is 60.2 Å².